The summed E-state index contributed by atoms with van der Waals surface area (Å²) in [7, 11) is 0. The summed E-state index contributed by atoms with van der Waals surface area (Å²) in [4.78, 5) is 11.0. The molecule has 0 aromatic carbocycles. The molecule has 0 saturated carbocycles. The molecule has 3 heteroatoms. The molecular formula is C9H17BrO2. The summed E-state index contributed by atoms with van der Waals surface area (Å²) in [6.45, 7) is 2.67. The van der Waals surface area contributed by atoms with Crippen LogP contribution in [0.1, 0.15) is 39.0 Å². The maximum atomic E-state index is 11.0. The van der Waals surface area contributed by atoms with Gasteiger partial charge in [0, 0.05) is 11.8 Å². The minimum Gasteiger partial charge on any atom is -0.466 e. The number of esters is 1. The summed E-state index contributed by atoms with van der Waals surface area (Å²) < 4.78 is 4.96. The van der Waals surface area contributed by atoms with Gasteiger partial charge in [0.1, 0.15) is 0 Å². The van der Waals surface area contributed by atoms with E-state index in [-0.39, 0.29) is 5.97 Å². The third-order valence-electron chi connectivity index (χ3n) is 1.53. The lowest BCUT2D eigenvalue weighted by Gasteiger charge is -2.02. The molecule has 0 amide bonds. The minimum atomic E-state index is -0.0515. The van der Waals surface area contributed by atoms with E-state index >= 15 is 0 Å². The summed E-state index contributed by atoms with van der Waals surface area (Å²) in [5.74, 6) is -0.0515. The Morgan fingerprint density at radius 2 is 2.08 bits per heavy atom. The molecular weight excluding hydrogens is 220 g/mol. The van der Waals surface area contributed by atoms with Crippen molar-refractivity contribution in [2.24, 2.45) is 0 Å². The smallest absolute Gasteiger partial charge is 0.305 e. The maximum absolute atomic E-state index is 11.0. The summed E-state index contributed by atoms with van der Waals surface area (Å²) in [6.07, 6.45) is 4.71. The number of unbranched alkanes of at least 4 members (excludes halogenated alkanes) is 2. The third kappa shape index (κ3) is 8.05. The Balaban J connectivity index is 3.10. The number of carbonyl (C=O) groups excluding carboxylic acids is 1. The number of rotatable bonds is 7. The average Bonchev–Trinajstić information content (AvgIpc) is 2.06. The zero-order valence-electron chi connectivity index (χ0n) is 7.64. The molecule has 0 radical (unpaired) electrons. The number of alkyl halides is 1. The van der Waals surface area contributed by atoms with Gasteiger partial charge in [0.15, 0.2) is 0 Å². The average molecular weight is 237 g/mol. The van der Waals surface area contributed by atoms with Crippen LogP contribution in [0.3, 0.4) is 0 Å². The maximum Gasteiger partial charge on any atom is 0.305 e. The highest BCUT2D eigenvalue weighted by atomic mass is 79.9. The van der Waals surface area contributed by atoms with Crippen LogP contribution in [0.2, 0.25) is 0 Å². The molecule has 0 saturated heterocycles. The first-order valence-electron chi connectivity index (χ1n) is 4.52. The van der Waals surface area contributed by atoms with Crippen molar-refractivity contribution in [1.82, 2.24) is 0 Å². The molecule has 0 aliphatic heterocycles. The first kappa shape index (κ1) is 11.9. The molecule has 0 heterocycles. The topological polar surface area (TPSA) is 26.3 Å². The molecule has 0 aliphatic carbocycles. The first-order valence-corrected chi connectivity index (χ1v) is 5.65. The Labute approximate surface area is 82.8 Å². The molecule has 2 nitrogen and oxygen atoms in total. The fourth-order valence-corrected chi connectivity index (χ4v) is 1.06. The molecule has 0 aromatic heterocycles. The van der Waals surface area contributed by atoms with E-state index in [2.05, 4.69) is 22.9 Å². The standard InChI is InChI=1S/C9H17BrO2/c1-2-3-4-6-9(11)12-8-5-7-10/h2-8H2,1H3. The van der Waals surface area contributed by atoms with Gasteiger partial charge in [-0.2, -0.15) is 0 Å². The van der Waals surface area contributed by atoms with Gasteiger partial charge >= 0.3 is 5.97 Å². The van der Waals surface area contributed by atoms with Crippen molar-refractivity contribution in [3.63, 3.8) is 0 Å². The highest BCUT2D eigenvalue weighted by molar-refractivity contribution is 9.09. The fraction of sp³-hybridized carbons (Fsp3) is 0.889. The van der Waals surface area contributed by atoms with Crippen LogP contribution in [0.15, 0.2) is 0 Å². The molecule has 72 valence electrons. The highest BCUT2D eigenvalue weighted by Crippen LogP contribution is 2.00. The van der Waals surface area contributed by atoms with E-state index in [1.807, 2.05) is 0 Å². The van der Waals surface area contributed by atoms with Crippen LogP contribution in [0.25, 0.3) is 0 Å². The SMILES string of the molecule is CCCCCC(=O)OCCCBr. The van der Waals surface area contributed by atoms with Crippen molar-refractivity contribution in [1.29, 1.82) is 0 Å². The number of halogens is 1. The lowest BCUT2D eigenvalue weighted by atomic mass is 10.2. The van der Waals surface area contributed by atoms with Crippen LogP contribution in [-0.2, 0) is 9.53 Å². The van der Waals surface area contributed by atoms with Gasteiger partial charge in [0.25, 0.3) is 0 Å². The summed E-state index contributed by atoms with van der Waals surface area (Å²) in [6, 6.07) is 0. The molecule has 0 bridgehead atoms. The van der Waals surface area contributed by atoms with Gasteiger partial charge in [-0.1, -0.05) is 35.7 Å². The van der Waals surface area contributed by atoms with Crippen molar-refractivity contribution < 1.29 is 9.53 Å². The number of hydrogen-bond donors (Lipinski definition) is 0. The van der Waals surface area contributed by atoms with Crippen molar-refractivity contribution in [3.05, 3.63) is 0 Å². The zero-order chi connectivity index (χ0) is 9.23. The van der Waals surface area contributed by atoms with Gasteiger partial charge in [0.05, 0.1) is 6.61 Å². The lowest BCUT2D eigenvalue weighted by Crippen LogP contribution is -2.05. The molecule has 0 spiro atoms. The van der Waals surface area contributed by atoms with Gasteiger partial charge in [-0.25, -0.2) is 0 Å². The van der Waals surface area contributed by atoms with E-state index in [0.29, 0.717) is 13.0 Å². The Morgan fingerprint density at radius 3 is 2.67 bits per heavy atom. The van der Waals surface area contributed by atoms with E-state index in [9.17, 15) is 4.79 Å². The van der Waals surface area contributed by atoms with Crippen LogP contribution in [0.5, 0.6) is 0 Å². The molecule has 0 aliphatic rings. The lowest BCUT2D eigenvalue weighted by molar-refractivity contribution is -0.143. The molecule has 0 unspecified atom stereocenters. The van der Waals surface area contributed by atoms with Gasteiger partial charge in [-0.3, -0.25) is 4.79 Å². The van der Waals surface area contributed by atoms with Crippen LogP contribution < -0.4 is 0 Å². The molecule has 0 aromatic rings. The van der Waals surface area contributed by atoms with Crippen molar-refractivity contribution in [2.45, 2.75) is 39.0 Å². The normalized spacial score (nSPS) is 9.83. The zero-order valence-corrected chi connectivity index (χ0v) is 9.23. The number of ether oxygens (including phenoxy) is 1. The second kappa shape index (κ2) is 9.04. The van der Waals surface area contributed by atoms with E-state index in [0.717, 1.165) is 31.0 Å². The van der Waals surface area contributed by atoms with Gasteiger partial charge in [-0.05, 0) is 12.8 Å². The molecule has 12 heavy (non-hydrogen) atoms. The summed E-state index contributed by atoms with van der Waals surface area (Å²) in [5, 5.41) is 0.898. The Hall–Kier alpha value is -0.0500. The van der Waals surface area contributed by atoms with Crippen LogP contribution in [0.4, 0.5) is 0 Å². The Morgan fingerprint density at radius 1 is 1.33 bits per heavy atom. The van der Waals surface area contributed by atoms with Gasteiger partial charge in [-0.15, -0.1) is 0 Å². The second-order valence-electron chi connectivity index (χ2n) is 2.72. The van der Waals surface area contributed by atoms with Crippen molar-refractivity contribution in [2.75, 3.05) is 11.9 Å². The van der Waals surface area contributed by atoms with Crippen LogP contribution in [-0.4, -0.2) is 17.9 Å². The van der Waals surface area contributed by atoms with E-state index in [1.54, 1.807) is 0 Å². The van der Waals surface area contributed by atoms with E-state index in [1.165, 1.54) is 0 Å². The Kier molecular flexibility index (Phi) is 9.00. The summed E-state index contributed by atoms with van der Waals surface area (Å²) >= 11 is 3.27. The number of carbonyl (C=O) groups is 1. The predicted octanol–water partition coefficient (Wildman–Crippen LogP) is 2.89. The first-order chi connectivity index (χ1) is 5.81. The minimum absolute atomic E-state index is 0.0515. The van der Waals surface area contributed by atoms with Gasteiger partial charge in [0.2, 0.25) is 0 Å². The molecule has 0 N–H and O–H groups in total. The predicted molar refractivity (Wildman–Crippen MR) is 53.5 cm³/mol. The quantitative estimate of drug-likeness (QED) is 0.386. The molecule has 0 atom stereocenters. The second-order valence-corrected chi connectivity index (χ2v) is 3.51. The van der Waals surface area contributed by atoms with Crippen molar-refractivity contribution >= 4 is 21.9 Å². The third-order valence-corrected chi connectivity index (χ3v) is 2.09. The van der Waals surface area contributed by atoms with Crippen LogP contribution in [0, 0.1) is 0 Å². The fourth-order valence-electron chi connectivity index (χ4n) is 0.832. The molecule has 0 fully saturated rings. The monoisotopic (exact) mass is 236 g/mol. The Bertz CT molecular complexity index is 103. The van der Waals surface area contributed by atoms with Crippen LogP contribution >= 0.6 is 15.9 Å². The highest BCUT2D eigenvalue weighted by Gasteiger charge is 2.00. The van der Waals surface area contributed by atoms with E-state index < -0.39 is 0 Å². The molecule has 0 rings (SSSR count). The summed E-state index contributed by atoms with van der Waals surface area (Å²) in [5.41, 5.74) is 0. The van der Waals surface area contributed by atoms with Gasteiger partial charge < -0.3 is 4.74 Å². The van der Waals surface area contributed by atoms with Crippen molar-refractivity contribution in [3.8, 4) is 0 Å². The van der Waals surface area contributed by atoms with E-state index in [4.69, 9.17) is 4.74 Å². The largest absolute Gasteiger partial charge is 0.466 e. The number of hydrogen-bond acceptors (Lipinski definition) is 2.